The van der Waals surface area contributed by atoms with Crippen molar-refractivity contribution in [2.45, 2.75) is 65.5 Å². The van der Waals surface area contributed by atoms with Gasteiger partial charge >= 0.3 is 0 Å². The van der Waals surface area contributed by atoms with Gasteiger partial charge in [-0.05, 0) is 57.2 Å². The number of aliphatic hydroxyl groups is 1. The molecule has 9 nitrogen and oxygen atoms in total. The summed E-state index contributed by atoms with van der Waals surface area (Å²) in [6.07, 6.45) is 3.38. The number of hydrogen-bond acceptors (Lipinski definition) is 7. The molecule has 0 spiro atoms. The number of rotatable bonds is 5. The minimum atomic E-state index is -0.847. The van der Waals surface area contributed by atoms with E-state index >= 15 is 0 Å². The van der Waals surface area contributed by atoms with Gasteiger partial charge in [-0.1, -0.05) is 13.8 Å². The fourth-order valence-electron chi connectivity index (χ4n) is 5.16. The van der Waals surface area contributed by atoms with Crippen LogP contribution < -0.4 is 10.6 Å². The largest absolute Gasteiger partial charge is 0.389 e. The van der Waals surface area contributed by atoms with Crippen molar-refractivity contribution < 1.29 is 9.50 Å². The van der Waals surface area contributed by atoms with E-state index in [1.165, 1.54) is 10.6 Å². The molecule has 4 aromatic rings. The summed E-state index contributed by atoms with van der Waals surface area (Å²) < 4.78 is 18.0. The van der Waals surface area contributed by atoms with Gasteiger partial charge in [0.05, 0.1) is 35.2 Å². The molecule has 3 N–H and O–H groups in total. The maximum atomic E-state index is 14.6. The number of nitrogen functional groups attached to an aromatic ring is 1. The molecule has 186 valence electrons. The van der Waals surface area contributed by atoms with Gasteiger partial charge in [0.1, 0.15) is 5.82 Å². The van der Waals surface area contributed by atoms with E-state index in [1.807, 2.05) is 24.7 Å². The maximum Gasteiger partial charge on any atom is 0.223 e. The van der Waals surface area contributed by atoms with E-state index in [9.17, 15) is 9.50 Å². The van der Waals surface area contributed by atoms with Gasteiger partial charge in [0.25, 0.3) is 0 Å². The standard InChI is InChI=1S/C25H33FN8O/c1-6-16-8-20-18(9-19(16)26)23-30-22(31-34(23)24(27)29-20)17-7-14(2)11-32(12-17)21-10-28-33(15(21)3)13-25(4,5)35/h8-10,14,17,35H,6-7,11-13H2,1-5H3,(H2,27,29)/t14-,17+/m0/s1. The van der Waals surface area contributed by atoms with E-state index in [-0.39, 0.29) is 17.7 Å². The molecule has 5 rings (SSSR count). The quantitative estimate of drug-likeness (QED) is 0.450. The predicted octanol–water partition coefficient (Wildman–Crippen LogP) is 3.47. The average Bonchev–Trinajstić information content (AvgIpc) is 3.38. The molecule has 1 saturated heterocycles. The highest BCUT2D eigenvalue weighted by atomic mass is 19.1. The Bertz CT molecular complexity index is 1400. The fourth-order valence-corrected chi connectivity index (χ4v) is 5.16. The van der Waals surface area contributed by atoms with E-state index in [0.29, 0.717) is 46.8 Å². The number of halogens is 1. The molecular weight excluding hydrogens is 447 g/mol. The van der Waals surface area contributed by atoms with Crippen molar-refractivity contribution in [2.24, 2.45) is 5.92 Å². The van der Waals surface area contributed by atoms with E-state index in [4.69, 9.17) is 15.8 Å². The number of aryl methyl sites for hydroxylation is 1. The molecule has 0 aliphatic carbocycles. The molecule has 0 radical (unpaired) electrons. The summed E-state index contributed by atoms with van der Waals surface area (Å²) >= 11 is 0. The Morgan fingerprint density at radius 1 is 1.23 bits per heavy atom. The molecule has 10 heteroatoms. The van der Waals surface area contributed by atoms with Crippen LogP contribution in [0.15, 0.2) is 18.3 Å². The van der Waals surface area contributed by atoms with Crippen molar-refractivity contribution in [2.75, 3.05) is 23.7 Å². The highest BCUT2D eigenvalue weighted by molar-refractivity contribution is 5.92. The van der Waals surface area contributed by atoms with Crippen LogP contribution in [-0.4, -0.2) is 53.2 Å². The van der Waals surface area contributed by atoms with Crippen molar-refractivity contribution in [3.05, 3.63) is 41.2 Å². The highest BCUT2D eigenvalue weighted by Gasteiger charge is 2.31. The van der Waals surface area contributed by atoms with Crippen molar-refractivity contribution in [1.82, 2.24) is 29.4 Å². The molecule has 1 aromatic carbocycles. The number of nitrogens with zero attached hydrogens (tertiary/aromatic N) is 7. The summed E-state index contributed by atoms with van der Waals surface area (Å²) in [7, 11) is 0. The Morgan fingerprint density at radius 2 is 2.00 bits per heavy atom. The number of anilines is 2. The molecule has 3 aromatic heterocycles. The summed E-state index contributed by atoms with van der Waals surface area (Å²) in [6.45, 7) is 11.8. The number of nitrogens with two attached hydrogens (primary N) is 1. The summed E-state index contributed by atoms with van der Waals surface area (Å²) in [6, 6.07) is 3.23. The van der Waals surface area contributed by atoms with Gasteiger partial charge in [0.15, 0.2) is 11.5 Å². The molecule has 1 aliphatic rings. The van der Waals surface area contributed by atoms with E-state index < -0.39 is 5.60 Å². The first kappa shape index (κ1) is 23.5. The summed E-state index contributed by atoms with van der Waals surface area (Å²) in [4.78, 5) is 11.6. The highest BCUT2D eigenvalue weighted by Crippen LogP contribution is 2.34. The van der Waals surface area contributed by atoms with Crippen LogP contribution in [0.5, 0.6) is 0 Å². The third-order valence-corrected chi connectivity index (χ3v) is 6.84. The predicted molar refractivity (Wildman–Crippen MR) is 134 cm³/mol. The second-order valence-electron chi connectivity index (χ2n) is 10.5. The van der Waals surface area contributed by atoms with Gasteiger partial charge in [-0.25, -0.2) is 14.4 Å². The lowest BCUT2D eigenvalue weighted by molar-refractivity contribution is 0.0571. The lowest BCUT2D eigenvalue weighted by Gasteiger charge is -2.36. The smallest absolute Gasteiger partial charge is 0.223 e. The number of fused-ring (bicyclic) bond motifs is 3. The number of piperidine rings is 1. The maximum absolute atomic E-state index is 14.6. The molecule has 2 atom stereocenters. The third-order valence-electron chi connectivity index (χ3n) is 6.84. The molecule has 35 heavy (non-hydrogen) atoms. The molecular formula is C25H33FN8O. The second-order valence-corrected chi connectivity index (χ2v) is 10.5. The Balaban J connectivity index is 1.50. The number of hydrogen-bond donors (Lipinski definition) is 2. The van der Waals surface area contributed by atoms with Crippen molar-refractivity contribution in [3.8, 4) is 0 Å². The zero-order chi connectivity index (χ0) is 25.1. The Hall–Kier alpha value is -3.27. The fraction of sp³-hybridized carbons (Fsp3) is 0.520. The topological polar surface area (TPSA) is 110 Å². The minimum Gasteiger partial charge on any atom is -0.389 e. The first-order valence-corrected chi connectivity index (χ1v) is 12.2. The normalized spacial score (nSPS) is 19.2. The lowest BCUT2D eigenvalue weighted by atomic mass is 9.89. The first-order valence-electron chi connectivity index (χ1n) is 12.2. The number of aromatic nitrogens is 6. The van der Waals surface area contributed by atoms with Crippen LogP contribution in [0.25, 0.3) is 16.6 Å². The zero-order valence-corrected chi connectivity index (χ0v) is 21.0. The van der Waals surface area contributed by atoms with Crippen molar-refractivity contribution in [1.29, 1.82) is 0 Å². The number of benzene rings is 1. The van der Waals surface area contributed by atoms with Crippen LogP contribution in [0.1, 0.15) is 57.1 Å². The summed E-state index contributed by atoms with van der Waals surface area (Å²) in [5.41, 5.74) is 9.21. The Morgan fingerprint density at radius 3 is 2.71 bits per heavy atom. The molecule has 1 fully saturated rings. The Kier molecular flexibility index (Phi) is 5.66. The average molecular weight is 481 g/mol. The van der Waals surface area contributed by atoms with E-state index in [0.717, 1.165) is 30.9 Å². The molecule has 4 heterocycles. The minimum absolute atomic E-state index is 0.0740. The zero-order valence-electron chi connectivity index (χ0n) is 21.0. The van der Waals surface area contributed by atoms with Crippen molar-refractivity contribution in [3.63, 3.8) is 0 Å². The first-order chi connectivity index (χ1) is 16.5. The van der Waals surface area contributed by atoms with Gasteiger partial charge in [-0.15, -0.1) is 5.10 Å². The molecule has 1 aliphatic heterocycles. The van der Waals surface area contributed by atoms with Crippen LogP contribution in [0.3, 0.4) is 0 Å². The molecule has 0 saturated carbocycles. The van der Waals surface area contributed by atoms with Crippen LogP contribution in [0.2, 0.25) is 0 Å². The SMILES string of the molecule is CCc1cc2nc(N)n3nc([C@@H]4C[C@H](C)CN(c5cnn(CC(C)(C)O)c5C)C4)nc3c2cc1F. The van der Waals surface area contributed by atoms with Gasteiger partial charge in [0.2, 0.25) is 5.95 Å². The second kappa shape index (κ2) is 8.44. The van der Waals surface area contributed by atoms with E-state index in [1.54, 1.807) is 19.9 Å². The van der Waals surface area contributed by atoms with Crippen molar-refractivity contribution >= 4 is 28.2 Å². The monoisotopic (exact) mass is 480 g/mol. The van der Waals surface area contributed by atoms with Crippen LogP contribution >= 0.6 is 0 Å². The summed E-state index contributed by atoms with van der Waals surface area (Å²) in [5, 5.41) is 20.1. The van der Waals surface area contributed by atoms with Crippen LogP contribution in [0, 0.1) is 18.7 Å². The van der Waals surface area contributed by atoms with Gasteiger partial charge < -0.3 is 15.7 Å². The van der Waals surface area contributed by atoms with Gasteiger partial charge in [0, 0.05) is 24.4 Å². The molecule has 0 bridgehead atoms. The van der Waals surface area contributed by atoms with E-state index in [2.05, 4.69) is 21.9 Å². The molecule has 0 amide bonds. The van der Waals surface area contributed by atoms with Gasteiger partial charge in [-0.2, -0.15) is 9.61 Å². The lowest BCUT2D eigenvalue weighted by Crippen LogP contribution is -2.39. The van der Waals surface area contributed by atoms with Crippen LogP contribution in [-0.2, 0) is 13.0 Å². The Labute approximate surface area is 203 Å². The van der Waals surface area contributed by atoms with Crippen LogP contribution in [0.4, 0.5) is 16.0 Å². The summed E-state index contributed by atoms with van der Waals surface area (Å²) in [5.74, 6) is 1.14. The van der Waals surface area contributed by atoms with Gasteiger partial charge in [-0.3, -0.25) is 4.68 Å². The third kappa shape index (κ3) is 4.31. The molecule has 0 unspecified atom stereocenters.